The molecule has 0 aliphatic rings. The molecule has 20 heavy (non-hydrogen) atoms. The minimum atomic E-state index is -0.353. The van der Waals surface area contributed by atoms with E-state index >= 15 is 0 Å². The summed E-state index contributed by atoms with van der Waals surface area (Å²) in [6.07, 6.45) is 2.21. The molecular weight excluding hydrogens is 344 g/mol. The van der Waals surface area contributed by atoms with Crippen LogP contribution >= 0.6 is 27.7 Å². The molecule has 0 aliphatic heterocycles. The third-order valence-electron chi connectivity index (χ3n) is 2.56. The van der Waals surface area contributed by atoms with Gasteiger partial charge in [-0.25, -0.2) is 0 Å². The van der Waals surface area contributed by atoms with Crippen molar-refractivity contribution in [1.29, 1.82) is 0 Å². The van der Waals surface area contributed by atoms with Crippen molar-refractivity contribution in [2.45, 2.75) is 6.42 Å². The summed E-state index contributed by atoms with van der Waals surface area (Å²) in [6.45, 7) is 0.547. The molecule has 0 saturated heterocycles. The number of rotatable bonds is 7. The van der Waals surface area contributed by atoms with E-state index in [1.54, 1.807) is 24.9 Å². The van der Waals surface area contributed by atoms with Crippen LogP contribution in [0.5, 0.6) is 5.75 Å². The van der Waals surface area contributed by atoms with Crippen LogP contribution in [-0.4, -0.2) is 42.5 Å². The number of ether oxygens (including phenoxy) is 1. The van der Waals surface area contributed by atoms with Gasteiger partial charge in [-0.1, -0.05) is 11.2 Å². The SMILES string of the molecule is COc1ccc(C/C(=N\O)C(=O)NCCSC)cc1Br. The van der Waals surface area contributed by atoms with Crippen molar-refractivity contribution in [3.8, 4) is 5.75 Å². The quantitative estimate of drug-likeness (QED) is 0.338. The molecule has 0 heterocycles. The van der Waals surface area contributed by atoms with E-state index in [1.165, 1.54) is 0 Å². The van der Waals surface area contributed by atoms with Gasteiger partial charge in [0.15, 0.2) is 0 Å². The molecular formula is C13H17BrN2O3S. The van der Waals surface area contributed by atoms with Gasteiger partial charge in [-0.05, 0) is 39.9 Å². The van der Waals surface area contributed by atoms with Crippen LogP contribution in [0.2, 0.25) is 0 Å². The van der Waals surface area contributed by atoms with Gasteiger partial charge in [0.2, 0.25) is 0 Å². The summed E-state index contributed by atoms with van der Waals surface area (Å²) < 4.78 is 5.93. The summed E-state index contributed by atoms with van der Waals surface area (Å²) in [5, 5.41) is 14.8. The lowest BCUT2D eigenvalue weighted by Gasteiger charge is -2.08. The van der Waals surface area contributed by atoms with Gasteiger partial charge in [-0.15, -0.1) is 0 Å². The first kappa shape index (κ1) is 16.8. The van der Waals surface area contributed by atoms with E-state index in [4.69, 9.17) is 9.94 Å². The summed E-state index contributed by atoms with van der Waals surface area (Å²) in [4.78, 5) is 11.8. The fraction of sp³-hybridized carbons (Fsp3) is 0.385. The average molecular weight is 361 g/mol. The molecule has 1 aromatic rings. The lowest BCUT2D eigenvalue weighted by molar-refractivity contribution is -0.114. The minimum Gasteiger partial charge on any atom is -0.496 e. The molecule has 0 aliphatic carbocycles. The van der Waals surface area contributed by atoms with E-state index in [9.17, 15) is 4.79 Å². The highest BCUT2D eigenvalue weighted by atomic mass is 79.9. The first-order valence-corrected chi connectivity index (χ1v) is 8.11. The lowest BCUT2D eigenvalue weighted by atomic mass is 10.1. The van der Waals surface area contributed by atoms with Gasteiger partial charge in [-0.3, -0.25) is 4.79 Å². The van der Waals surface area contributed by atoms with Crippen molar-refractivity contribution < 1.29 is 14.7 Å². The summed E-state index contributed by atoms with van der Waals surface area (Å²) in [5.74, 6) is 1.17. The maximum Gasteiger partial charge on any atom is 0.269 e. The normalized spacial score (nSPS) is 11.2. The third-order valence-corrected chi connectivity index (χ3v) is 3.79. The molecule has 110 valence electrons. The van der Waals surface area contributed by atoms with Crippen LogP contribution in [0.15, 0.2) is 27.8 Å². The summed E-state index contributed by atoms with van der Waals surface area (Å²) in [6, 6.07) is 5.45. The Kier molecular flexibility index (Phi) is 7.46. The molecule has 1 aromatic carbocycles. The van der Waals surface area contributed by atoms with E-state index < -0.39 is 0 Å². The molecule has 0 aromatic heterocycles. The maximum atomic E-state index is 11.8. The smallest absolute Gasteiger partial charge is 0.269 e. The van der Waals surface area contributed by atoms with Gasteiger partial charge in [0.25, 0.3) is 5.91 Å². The summed E-state index contributed by atoms with van der Waals surface area (Å²) in [5.41, 5.74) is 0.939. The summed E-state index contributed by atoms with van der Waals surface area (Å²) in [7, 11) is 1.58. The van der Waals surface area contributed by atoms with Crippen LogP contribution in [-0.2, 0) is 11.2 Å². The number of carbonyl (C=O) groups is 1. The molecule has 0 atom stereocenters. The van der Waals surface area contributed by atoms with E-state index in [0.717, 1.165) is 15.8 Å². The molecule has 0 unspecified atom stereocenters. The van der Waals surface area contributed by atoms with Crippen LogP contribution in [0.4, 0.5) is 0 Å². The van der Waals surface area contributed by atoms with E-state index in [0.29, 0.717) is 12.3 Å². The molecule has 0 saturated carbocycles. The van der Waals surface area contributed by atoms with Crippen LogP contribution in [0.3, 0.4) is 0 Å². The summed E-state index contributed by atoms with van der Waals surface area (Å²) >= 11 is 5.01. The van der Waals surface area contributed by atoms with Crippen molar-refractivity contribution in [3.63, 3.8) is 0 Å². The highest BCUT2D eigenvalue weighted by Crippen LogP contribution is 2.25. The number of nitrogens with one attached hydrogen (secondary N) is 1. The van der Waals surface area contributed by atoms with Gasteiger partial charge >= 0.3 is 0 Å². The topological polar surface area (TPSA) is 70.9 Å². The monoisotopic (exact) mass is 360 g/mol. The van der Waals surface area contributed by atoms with Crippen LogP contribution in [0.1, 0.15) is 5.56 Å². The van der Waals surface area contributed by atoms with Crippen molar-refractivity contribution >= 4 is 39.3 Å². The Labute approximate surface area is 130 Å². The van der Waals surface area contributed by atoms with Crippen molar-refractivity contribution in [2.75, 3.05) is 25.7 Å². The average Bonchev–Trinajstić information content (AvgIpc) is 2.45. The van der Waals surface area contributed by atoms with Crippen molar-refractivity contribution in [2.24, 2.45) is 5.16 Å². The number of thioether (sulfide) groups is 1. The number of oxime groups is 1. The maximum absolute atomic E-state index is 11.8. The zero-order valence-electron chi connectivity index (χ0n) is 11.4. The Bertz CT molecular complexity index is 495. The molecule has 1 rings (SSSR count). The second-order valence-electron chi connectivity index (χ2n) is 3.94. The number of methoxy groups -OCH3 is 1. The zero-order valence-corrected chi connectivity index (χ0v) is 13.8. The number of halogens is 1. The third kappa shape index (κ3) is 5.05. The van der Waals surface area contributed by atoms with Crippen LogP contribution in [0, 0.1) is 0 Å². The van der Waals surface area contributed by atoms with E-state index in [2.05, 4.69) is 26.4 Å². The molecule has 0 bridgehead atoms. The largest absolute Gasteiger partial charge is 0.496 e. The molecule has 1 amide bonds. The number of nitrogens with zero attached hydrogens (tertiary/aromatic N) is 1. The van der Waals surface area contributed by atoms with Crippen LogP contribution < -0.4 is 10.1 Å². The zero-order chi connectivity index (χ0) is 15.0. The van der Waals surface area contributed by atoms with Gasteiger partial charge in [-0.2, -0.15) is 11.8 Å². The number of hydrogen-bond acceptors (Lipinski definition) is 5. The standard InChI is InChI=1S/C13H17BrN2O3S/c1-19-12-4-3-9(7-10(12)14)8-11(16-18)13(17)15-5-6-20-2/h3-4,7,18H,5-6,8H2,1-2H3,(H,15,17)/b16-11+. The first-order chi connectivity index (χ1) is 9.62. The molecule has 0 radical (unpaired) electrons. The Hall–Kier alpha value is -1.21. The highest BCUT2D eigenvalue weighted by molar-refractivity contribution is 9.10. The molecule has 0 spiro atoms. The fourth-order valence-corrected chi connectivity index (χ4v) is 2.44. The fourth-order valence-electron chi connectivity index (χ4n) is 1.54. The number of amides is 1. The molecule has 0 fully saturated rings. The predicted molar refractivity (Wildman–Crippen MR) is 85.0 cm³/mol. The number of hydrogen-bond donors (Lipinski definition) is 2. The number of carbonyl (C=O) groups excluding carboxylic acids is 1. The second-order valence-corrected chi connectivity index (χ2v) is 5.78. The minimum absolute atomic E-state index is 0.0863. The van der Waals surface area contributed by atoms with Crippen molar-refractivity contribution in [1.82, 2.24) is 5.32 Å². The number of benzene rings is 1. The Morgan fingerprint density at radius 1 is 1.55 bits per heavy atom. The molecule has 5 nitrogen and oxygen atoms in total. The van der Waals surface area contributed by atoms with E-state index in [1.807, 2.05) is 18.4 Å². The Morgan fingerprint density at radius 2 is 2.30 bits per heavy atom. The van der Waals surface area contributed by atoms with Crippen LogP contribution in [0.25, 0.3) is 0 Å². The molecule has 7 heteroatoms. The van der Waals surface area contributed by atoms with Gasteiger partial charge < -0.3 is 15.3 Å². The predicted octanol–water partition coefficient (Wildman–Crippen LogP) is 2.31. The van der Waals surface area contributed by atoms with E-state index in [-0.39, 0.29) is 18.0 Å². The lowest BCUT2D eigenvalue weighted by Crippen LogP contribution is -2.33. The molecule has 2 N–H and O–H groups in total. The Morgan fingerprint density at radius 3 is 2.85 bits per heavy atom. The second kappa shape index (κ2) is 8.86. The highest BCUT2D eigenvalue weighted by Gasteiger charge is 2.13. The first-order valence-electron chi connectivity index (χ1n) is 5.92. The van der Waals surface area contributed by atoms with Gasteiger partial charge in [0.05, 0.1) is 11.6 Å². The van der Waals surface area contributed by atoms with Gasteiger partial charge in [0.1, 0.15) is 11.5 Å². The van der Waals surface area contributed by atoms with Crippen molar-refractivity contribution in [3.05, 3.63) is 28.2 Å². The Balaban J connectivity index is 2.69. The van der Waals surface area contributed by atoms with Gasteiger partial charge in [0, 0.05) is 18.7 Å².